The molecule has 2 atom stereocenters. The number of benzene rings is 6. The first-order chi connectivity index (χ1) is 36.8. The Balaban J connectivity index is 1.20. The third-order valence-corrected chi connectivity index (χ3v) is 23.0. The quantitative estimate of drug-likeness (QED) is 0.163. The number of thiophene rings is 1. The summed E-state index contributed by atoms with van der Waals surface area (Å²) in [5.74, 6) is 0. The number of anilines is 8. The van der Waals surface area contributed by atoms with Crippen LogP contribution in [0.3, 0.4) is 0 Å². The fraction of sp³-hybridized carbons (Fsp3) is 0.486. The Kier molecular flexibility index (Phi) is 11.2. The van der Waals surface area contributed by atoms with Crippen molar-refractivity contribution in [1.82, 2.24) is 0 Å². The van der Waals surface area contributed by atoms with Gasteiger partial charge in [0.05, 0.1) is 16.9 Å². The molecule has 0 N–H and O–H groups in total. The van der Waals surface area contributed by atoms with Gasteiger partial charge >= 0.3 is 0 Å². The molecular weight excluding hydrogens is 974 g/mol. The summed E-state index contributed by atoms with van der Waals surface area (Å²) in [4.78, 5) is 8.38. The summed E-state index contributed by atoms with van der Waals surface area (Å²) in [7, 11) is 0. The highest BCUT2D eigenvalue weighted by atomic mass is 32.1. The molecule has 4 heterocycles. The normalized spacial score (nSPS) is 22.9. The molecule has 0 amide bonds. The summed E-state index contributed by atoms with van der Waals surface area (Å²) >= 11 is 2.11. The SMILES string of the molecule is CC(C)(C)c1ccc(N(c2ccc(C(C)(C)C)cc2)c2cc3c4c(c2)N2c5c(cc(C(C)(C)C)cc5C5(C)CCCCC25C)B4c2sc4cc5c(cc4c2N3c2ccc3c(c2)C(C)(C)CCC3(C)C)C(C)(C)CCC5(C)C)cc1. The molecule has 7 aromatic rings. The number of nitrogens with zero attached hydrogens (tertiary/aromatic N) is 3. The van der Waals surface area contributed by atoms with Crippen LogP contribution in [0.1, 0.15) is 227 Å². The predicted octanol–water partition coefficient (Wildman–Crippen LogP) is 19.3. The second-order valence-electron chi connectivity index (χ2n) is 31.9. The topological polar surface area (TPSA) is 9.72 Å². The van der Waals surface area contributed by atoms with Gasteiger partial charge in [-0.15, -0.1) is 11.3 Å². The highest BCUT2D eigenvalue weighted by Gasteiger charge is 2.62. The first-order valence-electron chi connectivity index (χ1n) is 30.5. The van der Waals surface area contributed by atoms with Crippen LogP contribution in [0.2, 0.25) is 0 Å². The molecule has 0 spiro atoms. The molecule has 2 unspecified atom stereocenters. The maximum absolute atomic E-state index is 2.96. The Morgan fingerprint density at radius 1 is 0.456 bits per heavy atom. The molecule has 1 fully saturated rings. The van der Waals surface area contributed by atoms with E-state index in [1.807, 2.05) is 0 Å². The Morgan fingerprint density at radius 3 is 1.52 bits per heavy atom. The van der Waals surface area contributed by atoms with E-state index in [1.54, 1.807) is 11.1 Å². The van der Waals surface area contributed by atoms with E-state index in [9.17, 15) is 0 Å². The van der Waals surface area contributed by atoms with Crippen molar-refractivity contribution in [2.45, 2.75) is 232 Å². The lowest BCUT2D eigenvalue weighted by molar-refractivity contribution is 0.195. The minimum atomic E-state index is -0.132. The Labute approximate surface area is 480 Å². The van der Waals surface area contributed by atoms with Crippen LogP contribution in [0.15, 0.2) is 103 Å². The van der Waals surface area contributed by atoms with Crippen molar-refractivity contribution in [3.05, 3.63) is 148 Å². The molecule has 79 heavy (non-hydrogen) atoms. The zero-order valence-corrected chi connectivity index (χ0v) is 52.6. The standard InChI is InChI=1S/C74H90BN3S/c1-66(2,3)45-22-26-48(27-23-45)76(49-28-24-46(25-29-49)67(4,5)6)51-41-59-62-60(42-51)78-64-57(73(18)32-20-21-33-74(73,78)19)38-47(68(7,8)9)39-58(64)75(62)65-63(52-43-55-56(44-61(52)79-65)72(16,17)37-36-71(55,14)15)77(59)50-30-31-53-54(40-50)70(12,13)35-34-69(53,10)11/h22-31,38-44H,20-21,32-37H2,1-19H3. The van der Waals surface area contributed by atoms with Gasteiger partial charge in [-0.1, -0.05) is 180 Å². The van der Waals surface area contributed by atoms with Gasteiger partial charge in [0, 0.05) is 54.4 Å². The second-order valence-corrected chi connectivity index (χ2v) is 33.0. The van der Waals surface area contributed by atoms with E-state index in [4.69, 9.17) is 0 Å². The smallest absolute Gasteiger partial charge is 0.264 e. The van der Waals surface area contributed by atoms with Crippen molar-refractivity contribution in [2.24, 2.45) is 0 Å². The van der Waals surface area contributed by atoms with Crippen molar-refractivity contribution < 1.29 is 0 Å². The van der Waals surface area contributed by atoms with Gasteiger partial charge in [0.1, 0.15) is 0 Å². The van der Waals surface area contributed by atoms with E-state index in [2.05, 4.69) is 261 Å². The van der Waals surface area contributed by atoms with Crippen LogP contribution in [0, 0.1) is 0 Å². The maximum Gasteiger partial charge on any atom is 0.264 e. The van der Waals surface area contributed by atoms with Crippen molar-refractivity contribution in [3.63, 3.8) is 0 Å². The van der Waals surface area contributed by atoms with Crippen LogP contribution in [-0.2, 0) is 43.3 Å². The summed E-state index contributed by atoms with van der Waals surface area (Å²) in [6.07, 6.45) is 9.59. The van der Waals surface area contributed by atoms with Gasteiger partial charge in [-0.05, 0) is 199 Å². The van der Waals surface area contributed by atoms with Crippen LogP contribution in [0.4, 0.5) is 45.5 Å². The molecule has 0 radical (unpaired) electrons. The van der Waals surface area contributed by atoms with Gasteiger partial charge in [-0.3, -0.25) is 0 Å². The van der Waals surface area contributed by atoms with Crippen molar-refractivity contribution >= 4 is 89.3 Å². The molecule has 1 saturated carbocycles. The summed E-state index contributed by atoms with van der Waals surface area (Å²) in [6.45, 7) is 46.7. The van der Waals surface area contributed by atoms with Crippen LogP contribution < -0.4 is 30.4 Å². The molecular formula is C74H90BN3S. The van der Waals surface area contributed by atoms with Crippen molar-refractivity contribution in [2.75, 3.05) is 14.7 Å². The van der Waals surface area contributed by atoms with E-state index in [0.29, 0.717) is 0 Å². The molecule has 5 heteroatoms. The van der Waals surface area contributed by atoms with Crippen molar-refractivity contribution in [1.29, 1.82) is 0 Å². The van der Waals surface area contributed by atoms with Crippen LogP contribution in [0.5, 0.6) is 0 Å². The van der Waals surface area contributed by atoms with Gasteiger partial charge in [0.25, 0.3) is 6.71 Å². The molecule has 1 aromatic heterocycles. The maximum atomic E-state index is 2.96. The summed E-state index contributed by atoms with van der Waals surface area (Å²) in [6, 6.07) is 42.9. The van der Waals surface area contributed by atoms with Crippen LogP contribution in [0.25, 0.3) is 10.1 Å². The zero-order chi connectivity index (χ0) is 56.3. The fourth-order valence-electron chi connectivity index (χ4n) is 16.1. The van der Waals surface area contributed by atoms with E-state index in [0.717, 1.165) is 6.42 Å². The lowest BCUT2D eigenvalue weighted by atomic mass is 9.36. The average Bonchev–Trinajstić information content (AvgIpc) is 2.19. The highest BCUT2D eigenvalue weighted by Crippen LogP contribution is 2.64. The minimum Gasteiger partial charge on any atom is -0.335 e. The molecule has 0 saturated heterocycles. The van der Waals surface area contributed by atoms with E-state index >= 15 is 0 Å². The van der Waals surface area contributed by atoms with Gasteiger partial charge in [-0.2, -0.15) is 0 Å². The van der Waals surface area contributed by atoms with E-state index in [-0.39, 0.29) is 55.6 Å². The van der Waals surface area contributed by atoms with Gasteiger partial charge in [0.15, 0.2) is 0 Å². The third-order valence-electron chi connectivity index (χ3n) is 21.8. The lowest BCUT2D eigenvalue weighted by Crippen LogP contribution is -2.64. The second kappa shape index (κ2) is 16.7. The van der Waals surface area contributed by atoms with Crippen molar-refractivity contribution in [3.8, 4) is 0 Å². The first-order valence-corrected chi connectivity index (χ1v) is 31.3. The number of hydrogen-bond acceptors (Lipinski definition) is 4. The third kappa shape index (κ3) is 7.68. The number of rotatable bonds is 4. The first kappa shape index (κ1) is 53.1. The largest absolute Gasteiger partial charge is 0.335 e. The predicted molar refractivity (Wildman–Crippen MR) is 345 cm³/mol. The van der Waals surface area contributed by atoms with Gasteiger partial charge in [-0.25, -0.2) is 0 Å². The summed E-state index contributed by atoms with van der Waals surface area (Å²) in [5.41, 5.74) is 25.4. The van der Waals surface area contributed by atoms with E-state index < -0.39 is 0 Å². The summed E-state index contributed by atoms with van der Waals surface area (Å²) in [5, 5.41) is 1.41. The van der Waals surface area contributed by atoms with E-state index in [1.165, 1.54) is 150 Å². The fourth-order valence-corrected chi connectivity index (χ4v) is 17.4. The molecule has 3 aliphatic carbocycles. The lowest BCUT2D eigenvalue weighted by Gasteiger charge is -2.52. The van der Waals surface area contributed by atoms with Gasteiger partial charge < -0.3 is 14.7 Å². The molecule has 3 aliphatic heterocycles. The minimum absolute atomic E-state index is 0.0253. The molecule has 3 nitrogen and oxygen atoms in total. The zero-order valence-electron chi connectivity index (χ0n) is 51.8. The number of hydrogen-bond donors (Lipinski definition) is 0. The highest BCUT2D eigenvalue weighted by molar-refractivity contribution is 7.33. The summed E-state index contributed by atoms with van der Waals surface area (Å²) < 4.78 is 2.92. The molecule has 410 valence electrons. The average molecular weight is 1060 g/mol. The monoisotopic (exact) mass is 1060 g/mol. The Bertz CT molecular complexity index is 3620. The van der Waals surface area contributed by atoms with Crippen LogP contribution >= 0.6 is 11.3 Å². The molecule has 6 aliphatic rings. The van der Waals surface area contributed by atoms with Gasteiger partial charge in [0.2, 0.25) is 0 Å². The Morgan fingerprint density at radius 2 is 0.962 bits per heavy atom. The molecule has 13 rings (SSSR count). The Hall–Kier alpha value is -5.26. The molecule has 6 aromatic carbocycles. The number of fused-ring (bicyclic) bond motifs is 11. The van der Waals surface area contributed by atoms with Crippen LogP contribution in [-0.4, -0.2) is 12.3 Å². The molecule has 0 bridgehead atoms.